The SMILES string of the molecule is Cc1cc(C2C3=CCC4C(=O)N(c5cccc(C(=O)O)c5)C(=O)C4C3CC3C(=O)N(c4cccc(C(=O)O)c4)C(=O)C32)ccc1O. The molecule has 2 saturated heterocycles. The van der Waals surface area contributed by atoms with Gasteiger partial charge in [0.05, 0.1) is 46.2 Å². The zero-order valence-corrected chi connectivity index (χ0v) is 24.5. The average molecular weight is 621 g/mol. The number of allylic oxidation sites excluding steroid dienone is 2. The van der Waals surface area contributed by atoms with Crippen molar-refractivity contribution < 1.29 is 44.1 Å². The van der Waals surface area contributed by atoms with Gasteiger partial charge in [-0.1, -0.05) is 35.9 Å². The van der Waals surface area contributed by atoms with Crippen LogP contribution in [0.3, 0.4) is 0 Å². The van der Waals surface area contributed by atoms with Crippen LogP contribution in [0.4, 0.5) is 11.4 Å². The minimum Gasteiger partial charge on any atom is -0.508 e. The van der Waals surface area contributed by atoms with Crippen LogP contribution in [0.5, 0.6) is 5.75 Å². The first-order valence-electron chi connectivity index (χ1n) is 14.9. The molecule has 3 aromatic carbocycles. The van der Waals surface area contributed by atoms with Gasteiger partial charge in [-0.2, -0.15) is 0 Å². The van der Waals surface area contributed by atoms with Crippen molar-refractivity contribution in [2.24, 2.45) is 29.6 Å². The molecule has 0 aromatic heterocycles. The number of aromatic hydroxyl groups is 1. The molecule has 7 rings (SSSR count). The van der Waals surface area contributed by atoms with E-state index in [4.69, 9.17) is 0 Å². The second kappa shape index (κ2) is 10.5. The molecule has 0 bridgehead atoms. The molecule has 4 amide bonds. The summed E-state index contributed by atoms with van der Waals surface area (Å²) in [7, 11) is 0. The molecule has 232 valence electrons. The molecule has 3 aromatic rings. The molecule has 1 saturated carbocycles. The molecular formula is C35H28N2O9. The van der Waals surface area contributed by atoms with Crippen molar-refractivity contribution in [3.63, 3.8) is 0 Å². The van der Waals surface area contributed by atoms with Crippen molar-refractivity contribution >= 4 is 46.9 Å². The predicted octanol–water partition coefficient (Wildman–Crippen LogP) is 4.14. The highest BCUT2D eigenvalue weighted by Gasteiger charge is 2.62. The molecule has 6 atom stereocenters. The van der Waals surface area contributed by atoms with Gasteiger partial charge in [-0.15, -0.1) is 0 Å². The number of hydrogen-bond donors (Lipinski definition) is 3. The van der Waals surface area contributed by atoms with Crippen molar-refractivity contribution in [1.82, 2.24) is 0 Å². The minimum absolute atomic E-state index is 0.0575. The molecule has 3 N–H and O–H groups in total. The molecule has 2 aliphatic carbocycles. The maximum atomic E-state index is 14.2. The van der Waals surface area contributed by atoms with Crippen LogP contribution < -0.4 is 9.80 Å². The zero-order valence-electron chi connectivity index (χ0n) is 24.5. The Labute approximate surface area is 262 Å². The van der Waals surface area contributed by atoms with Crippen LogP contribution in [0.25, 0.3) is 0 Å². The fourth-order valence-electron chi connectivity index (χ4n) is 7.90. The van der Waals surface area contributed by atoms with Gasteiger partial charge in [0.1, 0.15) is 5.75 Å². The average Bonchev–Trinajstić information content (AvgIpc) is 3.45. The Balaban J connectivity index is 1.33. The highest BCUT2D eigenvalue weighted by Crippen LogP contribution is 2.58. The number of phenolic OH excluding ortho intramolecular Hbond substituents is 1. The quantitative estimate of drug-likeness (QED) is 0.280. The summed E-state index contributed by atoms with van der Waals surface area (Å²) < 4.78 is 0. The highest BCUT2D eigenvalue weighted by molar-refractivity contribution is 6.24. The monoisotopic (exact) mass is 620 g/mol. The van der Waals surface area contributed by atoms with Crippen LogP contribution >= 0.6 is 0 Å². The molecule has 0 radical (unpaired) electrons. The molecule has 2 heterocycles. The van der Waals surface area contributed by atoms with Gasteiger partial charge in [-0.25, -0.2) is 9.59 Å². The number of nitrogens with zero attached hydrogens (tertiary/aromatic N) is 2. The van der Waals surface area contributed by atoms with Gasteiger partial charge in [0.15, 0.2) is 0 Å². The fraction of sp³-hybridized carbons (Fsp3) is 0.257. The number of anilines is 2. The second-order valence-electron chi connectivity index (χ2n) is 12.3. The molecule has 0 spiro atoms. The van der Waals surface area contributed by atoms with Crippen LogP contribution in [0.1, 0.15) is 50.6 Å². The standard InChI is InChI=1S/C35H28N2O9/c1-16-12-17(8-11-26(16)38)27-22-9-10-23-28(32(41)36(30(23)39)20-6-2-4-18(13-20)34(43)44)24(22)15-25-29(27)33(42)37(31(25)40)21-7-3-5-19(14-21)35(45)46/h2-9,11-14,23-25,27-29,38H,10,15H2,1H3,(H,43,44)(H,45,46). The molecule has 11 nitrogen and oxygen atoms in total. The molecule has 11 heteroatoms. The van der Waals surface area contributed by atoms with Gasteiger partial charge in [-0.3, -0.25) is 29.0 Å². The van der Waals surface area contributed by atoms with E-state index in [9.17, 15) is 44.1 Å². The van der Waals surface area contributed by atoms with Crippen LogP contribution in [0.2, 0.25) is 0 Å². The first kappa shape index (κ1) is 29.1. The Bertz CT molecular complexity index is 1930. The predicted molar refractivity (Wildman–Crippen MR) is 162 cm³/mol. The largest absolute Gasteiger partial charge is 0.508 e. The summed E-state index contributed by atoms with van der Waals surface area (Å²) in [5, 5.41) is 29.3. The lowest BCUT2D eigenvalue weighted by molar-refractivity contribution is -0.126. The fourth-order valence-corrected chi connectivity index (χ4v) is 7.90. The van der Waals surface area contributed by atoms with E-state index in [0.717, 1.165) is 15.4 Å². The molecule has 4 aliphatic rings. The summed E-state index contributed by atoms with van der Waals surface area (Å²) in [5.41, 5.74) is 2.13. The Morgan fingerprint density at radius 2 is 1.26 bits per heavy atom. The van der Waals surface area contributed by atoms with Crippen molar-refractivity contribution in [2.45, 2.75) is 25.7 Å². The number of carboxylic acids is 2. The van der Waals surface area contributed by atoms with Gasteiger partial charge < -0.3 is 15.3 Å². The molecule has 3 fully saturated rings. The number of hydrogen-bond acceptors (Lipinski definition) is 7. The van der Waals surface area contributed by atoms with Crippen LogP contribution in [0, 0.1) is 36.5 Å². The maximum Gasteiger partial charge on any atom is 0.335 e. The summed E-state index contributed by atoms with van der Waals surface area (Å²) in [6.07, 6.45) is 2.23. The zero-order chi connectivity index (χ0) is 32.6. The summed E-state index contributed by atoms with van der Waals surface area (Å²) in [6, 6.07) is 16.2. The van der Waals surface area contributed by atoms with E-state index in [1.807, 2.05) is 6.08 Å². The lowest BCUT2D eigenvalue weighted by atomic mass is 9.57. The Kier molecular flexibility index (Phi) is 6.66. The van der Waals surface area contributed by atoms with E-state index in [1.165, 1.54) is 54.6 Å². The number of phenols is 1. The van der Waals surface area contributed by atoms with Crippen molar-refractivity contribution in [3.05, 3.63) is 101 Å². The Morgan fingerprint density at radius 1 is 0.696 bits per heavy atom. The van der Waals surface area contributed by atoms with Gasteiger partial charge in [0, 0.05) is 5.92 Å². The smallest absolute Gasteiger partial charge is 0.335 e. The van der Waals surface area contributed by atoms with Crippen molar-refractivity contribution in [3.8, 4) is 5.75 Å². The molecule has 6 unspecified atom stereocenters. The van der Waals surface area contributed by atoms with Gasteiger partial charge in [0.25, 0.3) is 0 Å². The van der Waals surface area contributed by atoms with E-state index in [2.05, 4.69) is 0 Å². The Hall–Kier alpha value is -5.58. The lowest BCUT2D eigenvalue weighted by Crippen LogP contribution is -2.43. The number of aryl methyl sites for hydroxylation is 1. The van der Waals surface area contributed by atoms with Crippen LogP contribution in [-0.2, 0) is 19.2 Å². The molecule has 2 aliphatic heterocycles. The van der Waals surface area contributed by atoms with Gasteiger partial charge in [-0.05, 0) is 79.3 Å². The first-order chi connectivity index (χ1) is 22.0. The highest BCUT2D eigenvalue weighted by atomic mass is 16.4. The number of carboxylic acid groups (broad SMARTS) is 2. The first-order valence-corrected chi connectivity index (χ1v) is 14.9. The lowest BCUT2D eigenvalue weighted by Gasteiger charge is -2.44. The van der Waals surface area contributed by atoms with E-state index in [0.29, 0.717) is 11.1 Å². The third-order valence-corrected chi connectivity index (χ3v) is 9.93. The third-order valence-electron chi connectivity index (χ3n) is 9.93. The molecule has 46 heavy (non-hydrogen) atoms. The van der Waals surface area contributed by atoms with E-state index in [-0.39, 0.29) is 41.1 Å². The third kappa shape index (κ3) is 4.26. The minimum atomic E-state index is -1.21. The second-order valence-corrected chi connectivity index (χ2v) is 12.3. The van der Waals surface area contributed by atoms with E-state index < -0.39 is 71.1 Å². The number of carbonyl (C=O) groups is 6. The summed E-state index contributed by atoms with van der Waals surface area (Å²) in [5.74, 6) is -8.82. The molecular weight excluding hydrogens is 592 g/mol. The van der Waals surface area contributed by atoms with Crippen molar-refractivity contribution in [1.29, 1.82) is 0 Å². The summed E-state index contributed by atoms with van der Waals surface area (Å²) in [6.45, 7) is 1.72. The Morgan fingerprint density at radius 3 is 1.83 bits per heavy atom. The van der Waals surface area contributed by atoms with Crippen molar-refractivity contribution in [2.75, 3.05) is 9.80 Å². The maximum absolute atomic E-state index is 14.2. The number of carbonyl (C=O) groups excluding carboxylic acids is 4. The topological polar surface area (TPSA) is 170 Å². The van der Waals surface area contributed by atoms with Gasteiger partial charge in [0.2, 0.25) is 23.6 Å². The van der Waals surface area contributed by atoms with Crippen LogP contribution in [0.15, 0.2) is 78.4 Å². The normalized spacial score (nSPS) is 26.8. The van der Waals surface area contributed by atoms with Gasteiger partial charge >= 0.3 is 11.9 Å². The number of amides is 4. The van der Waals surface area contributed by atoms with Crippen LogP contribution in [-0.4, -0.2) is 50.9 Å². The number of aromatic carboxylic acids is 2. The number of imide groups is 2. The van der Waals surface area contributed by atoms with E-state index >= 15 is 0 Å². The summed E-state index contributed by atoms with van der Waals surface area (Å²) >= 11 is 0. The number of benzene rings is 3. The summed E-state index contributed by atoms with van der Waals surface area (Å²) in [4.78, 5) is 81.6. The number of rotatable bonds is 5. The number of fused-ring (bicyclic) bond motifs is 4. The van der Waals surface area contributed by atoms with E-state index in [1.54, 1.807) is 19.1 Å².